The summed E-state index contributed by atoms with van der Waals surface area (Å²) in [6.07, 6.45) is -4.87. The van der Waals surface area contributed by atoms with E-state index in [0.29, 0.717) is 17.9 Å². The first kappa shape index (κ1) is 18.8. The topological polar surface area (TPSA) is 50.4 Å². The average Bonchev–Trinajstić information content (AvgIpc) is 2.56. The molecule has 0 aliphatic rings. The summed E-state index contributed by atoms with van der Waals surface area (Å²) >= 11 is 0. The lowest BCUT2D eigenvalue weighted by Gasteiger charge is -2.22. The minimum Gasteiger partial charge on any atom is -0.380 e. The monoisotopic (exact) mass is 352 g/mol. The van der Waals surface area contributed by atoms with Gasteiger partial charge in [0, 0.05) is 19.2 Å². The molecule has 0 aromatic heterocycles. The van der Waals surface area contributed by atoms with Gasteiger partial charge in [-0.05, 0) is 23.3 Å². The molecule has 0 fully saturated rings. The molecule has 7 heteroatoms. The van der Waals surface area contributed by atoms with Crippen molar-refractivity contribution in [2.45, 2.75) is 25.2 Å². The number of rotatable bonds is 6. The van der Waals surface area contributed by atoms with Crippen LogP contribution in [-0.2, 0) is 17.8 Å². The van der Waals surface area contributed by atoms with E-state index in [4.69, 9.17) is 4.74 Å². The van der Waals surface area contributed by atoms with E-state index in [1.54, 1.807) is 61.7 Å². The summed E-state index contributed by atoms with van der Waals surface area (Å²) in [6, 6.07) is 12.0. The molecule has 0 heterocycles. The van der Waals surface area contributed by atoms with Crippen LogP contribution in [0.15, 0.2) is 54.6 Å². The van der Waals surface area contributed by atoms with Crippen LogP contribution in [0.2, 0.25) is 0 Å². The number of halogens is 3. The van der Waals surface area contributed by atoms with Crippen LogP contribution in [0.3, 0.4) is 0 Å². The van der Waals surface area contributed by atoms with Gasteiger partial charge in [0.25, 0.3) is 0 Å². The molecule has 1 atom stereocenters. The van der Waals surface area contributed by atoms with Gasteiger partial charge in [0.05, 0.1) is 6.61 Å². The van der Waals surface area contributed by atoms with E-state index in [-0.39, 0.29) is 6.42 Å². The normalized spacial score (nSPS) is 12.5. The van der Waals surface area contributed by atoms with Gasteiger partial charge in [0.15, 0.2) is 0 Å². The molecule has 2 N–H and O–H groups in total. The van der Waals surface area contributed by atoms with Crippen molar-refractivity contribution in [3.63, 3.8) is 0 Å². The molecule has 0 unspecified atom stereocenters. The van der Waals surface area contributed by atoms with E-state index in [1.165, 1.54) is 0 Å². The molecule has 2 aromatic rings. The highest BCUT2D eigenvalue weighted by molar-refractivity contribution is 5.89. The summed E-state index contributed by atoms with van der Waals surface area (Å²) in [4.78, 5) is 11.9. The number of carbonyl (C=O) groups is 1. The van der Waals surface area contributed by atoms with E-state index in [9.17, 15) is 18.0 Å². The van der Waals surface area contributed by atoms with E-state index in [0.717, 1.165) is 5.56 Å². The SMILES string of the molecule is COCc1ccc(NC(=O)N[C@H](Cc2ccccc2)C(F)(F)F)cc1. The fraction of sp³-hybridized carbons (Fsp3) is 0.278. The molecular weight excluding hydrogens is 333 g/mol. The molecule has 0 aliphatic carbocycles. The molecular formula is C18H19F3N2O2. The molecule has 0 saturated heterocycles. The zero-order valence-corrected chi connectivity index (χ0v) is 13.6. The summed E-state index contributed by atoms with van der Waals surface area (Å²) in [6.45, 7) is 0.416. The van der Waals surface area contributed by atoms with Gasteiger partial charge in [-0.3, -0.25) is 0 Å². The number of ether oxygens (including phenoxy) is 1. The van der Waals surface area contributed by atoms with Crippen LogP contribution >= 0.6 is 0 Å². The van der Waals surface area contributed by atoms with E-state index in [1.807, 2.05) is 5.32 Å². The minimum atomic E-state index is -4.55. The highest BCUT2D eigenvalue weighted by atomic mass is 19.4. The van der Waals surface area contributed by atoms with Crippen LogP contribution in [0.25, 0.3) is 0 Å². The van der Waals surface area contributed by atoms with Crippen molar-refractivity contribution in [2.24, 2.45) is 0 Å². The fourth-order valence-corrected chi connectivity index (χ4v) is 2.27. The minimum absolute atomic E-state index is 0.329. The number of nitrogens with one attached hydrogen (secondary N) is 2. The molecule has 2 amide bonds. The van der Waals surface area contributed by atoms with Crippen molar-refractivity contribution in [1.82, 2.24) is 5.32 Å². The van der Waals surface area contributed by atoms with Crippen LogP contribution in [0.5, 0.6) is 0 Å². The first-order chi connectivity index (χ1) is 11.9. The van der Waals surface area contributed by atoms with Crippen LogP contribution in [0.4, 0.5) is 23.7 Å². The van der Waals surface area contributed by atoms with Gasteiger partial charge >= 0.3 is 12.2 Å². The smallest absolute Gasteiger partial charge is 0.380 e. The molecule has 0 bridgehead atoms. The second-order valence-corrected chi connectivity index (χ2v) is 5.51. The van der Waals surface area contributed by atoms with Crippen molar-refractivity contribution < 1.29 is 22.7 Å². The number of hydrogen-bond acceptors (Lipinski definition) is 2. The van der Waals surface area contributed by atoms with Gasteiger partial charge in [-0.25, -0.2) is 4.79 Å². The summed E-state index contributed by atoms with van der Waals surface area (Å²) in [5.74, 6) is 0. The number of anilines is 1. The Balaban J connectivity index is 1.99. The Hall–Kier alpha value is -2.54. The zero-order valence-electron chi connectivity index (χ0n) is 13.6. The molecule has 134 valence electrons. The first-order valence-electron chi connectivity index (χ1n) is 7.64. The third-order valence-electron chi connectivity index (χ3n) is 3.51. The zero-order chi connectivity index (χ0) is 18.3. The van der Waals surface area contributed by atoms with Crippen LogP contribution < -0.4 is 10.6 Å². The fourth-order valence-electron chi connectivity index (χ4n) is 2.27. The predicted octanol–water partition coefficient (Wildman–Crippen LogP) is 4.13. The van der Waals surface area contributed by atoms with Gasteiger partial charge in [-0.1, -0.05) is 42.5 Å². The third kappa shape index (κ3) is 6.11. The standard InChI is InChI=1S/C18H19F3N2O2/c1-25-12-14-7-9-15(10-8-14)22-17(24)23-16(18(19,20)21)11-13-5-3-2-4-6-13/h2-10,16H,11-12H2,1H3,(H2,22,23,24)/t16-/m1/s1. The van der Waals surface area contributed by atoms with Crippen molar-refractivity contribution in [3.8, 4) is 0 Å². The van der Waals surface area contributed by atoms with Gasteiger partial charge in [0.2, 0.25) is 0 Å². The second-order valence-electron chi connectivity index (χ2n) is 5.51. The molecule has 2 aromatic carbocycles. The number of alkyl halides is 3. The lowest BCUT2D eigenvalue weighted by molar-refractivity contribution is -0.152. The number of carbonyl (C=O) groups excluding carboxylic acids is 1. The summed E-state index contributed by atoms with van der Waals surface area (Å²) in [7, 11) is 1.56. The van der Waals surface area contributed by atoms with E-state index < -0.39 is 18.2 Å². The van der Waals surface area contributed by atoms with Crippen LogP contribution in [-0.4, -0.2) is 25.4 Å². The van der Waals surface area contributed by atoms with Crippen molar-refractivity contribution >= 4 is 11.7 Å². The van der Waals surface area contributed by atoms with Crippen molar-refractivity contribution in [3.05, 3.63) is 65.7 Å². The Morgan fingerprint density at radius 1 is 1.04 bits per heavy atom. The molecule has 4 nitrogen and oxygen atoms in total. The third-order valence-corrected chi connectivity index (χ3v) is 3.51. The molecule has 0 radical (unpaired) electrons. The quantitative estimate of drug-likeness (QED) is 0.821. The number of urea groups is 1. The van der Waals surface area contributed by atoms with Gasteiger partial charge in [0.1, 0.15) is 6.04 Å². The van der Waals surface area contributed by atoms with Crippen molar-refractivity contribution in [2.75, 3.05) is 12.4 Å². The number of hydrogen-bond donors (Lipinski definition) is 2. The maximum Gasteiger partial charge on any atom is 0.408 e. The maximum atomic E-state index is 13.2. The van der Waals surface area contributed by atoms with Crippen LogP contribution in [0.1, 0.15) is 11.1 Å². The molecule has 25 heavy (non-hydrogen) atoms. The summed E-state index contributed by atoms with van der Waals surface area (Å²) in [5, 5.41) is 4.40. The summed E-state index contributed by atoms with van der Waals surface area (Å²) in [5.41, 5.74) is 1.79. The second kappa shape index (κ2) is 8.53. The average molecular weight is 352 g/mol. The number of benzene rings is 2. The van der Waals surface area contributed by atoms with E-state index in [2.05, 4.69) is 5.32 Å². The Kier molecular flexibility index (Phi) is 6.41. The van der Waals surface area contributed by atoms with Crippen LogP contribution in [0, 0.1) is 0 Å². The highest BCUT2D eigenvalue weighted by Gasteiger charge is 2.40. The van der Waals surface area contributed by atoms with Crippen molar-refractivity contribution in [1.29, 1.82) is 0 Å². The van der Waals surface area contributed by atoms with Gasteiger partial charge in [-0.2, -0.15) is 13.2 Å². The first-order valence-corrected chi connectivity index (χ1v) is 7.64. The van der Waals surface area contributed by atoms with Gasteiger partial charge < -0.3 is 15.4 Å². The Labute approximate surface area is 144 Å². The van der Waals surface area contributed by atoms with E-state index >= 15 is 0 Å². The molecule has 0 saturated carbocycles. The number of amides is 2. The molecule has 0 spiro atoms. The Bertz CT molecular complexity index is 673. The lowest BCUT2D eigenvalue weighted by atomic mass is 10.1. The Morgan fingerprint density at radius 3 is 2.24 bits per heavy atom. The highest BCUT2D eigenvalue weighted by Crippen LogP contribution is 2.23. The maximum absolute atomic E-state index is 13.2. The molecule has 2 rings (SSSR count). The largest absolute Gasteiger partial charge is 0.408 e. The Morgan fingerprint density at radius 2 is 1.68 bits per heavy atom. The summed E-state index contributed by atoms with van der Waals surface area (Å²) < 4.78 is 44.5. The van der Waals surface area contributed by atoms with Gasteiger partial charge in [-0.15, -0.1) is 0 Å². The predicted molar refractivity (Wildman–Crippen MR) is 89.3 cm³/mol. The number of methoxy groups -OCH3 is 1. The lowest BCUT2D eigenvalue weighted by Crippen LogP contribution is -2.48. The molecule has 0 aliphatic heterocycles.